The van der Waals surface area contributed by atoms with Crippen molar-refractivity contribution in [3.63, 3.8) is 0 Å². The summed E-state index contributed by atoms with van der Waals surface area (Å²) in [5.41, 5.74) is 1.78. The number of hydrogen-bond donors (Lipinski definition) is 0. The molecule has 0 aliphatic carbocycles. The van der Waals surface area contributed by atoms with Crippen molar-refractivity contribution in [1.29, 1.82) is 0 Å². The summed E-state index contributed by atoms with van der Waals surface area (Å²) >= 11 is 3.42. The third kappa shape index (κ3) is 3.54. The fourth-order valence-corrected chi connectivity index (χ4v) is 4.65. The van der Waals surface area contributed by atoms with Crippen LogP contribution in [0.5, 0.6) is 11.5 Å². The molecule has 3 heterocycles. The van der Waals surface area contributed by atoms with Crippen LogP contribution in [-0.4, -0.2) is 24.6 Å². The van der Waals surface area contributed by atoms with E-state index in [4.69, 9.17) is 13.9 Å². The molecule has 1 amide bonds. The molecule has 0 fully saturated rings. The van der Waals surface area contributed by atoms with E-state index in [9.17, 15) is 9.59 Å². The van der Waals surface area contributed by atoms with Gasteiger partial charge in [-0.25, -0.2) is 4.98 Å². The number of fused-ring (bicyclic) bond motifs is 2. The number of hydrogen-bond acceptors (Lipinski definition) is 6. The molecule has 0 bridgehead atoms. The van der Waals surface area contributed by atoms with E-state index in [1.165, 1.54) is 4.90 Å². The lowest BCUT2D eigenvalue weighted by atomic mass is 9.98. The largest absolute Gasteiger partial charge is 0.493 e. The number of aromatic nitrogens is 1. The Bertz CT molecular complexity index is 1500. The summed E-state index contributed by atoms with van der Waals surface area (Å²) in [5, 5.41) is 0.392. The van der Waals surface area contributed by atoms with Gasteiger partial charge in [0.15, 0.2) is 16.9 Å². The minimum atomic E-state index is -0.749. The molecular weight excluding hydrogens is 500 g/mol. The van der Waals surface area contributed by atoms with E-state index in [-0.39, 0.29) is 16.8 Å². The Hall–Kier alpha value is -3.65. The molecule has 0 saturated carbocycles. The number of pyridine rings is 1. The van der Waals surface area contributed by atoms with Crippen LogP contribution in [0.25, 0.3) is 11.0 Å². The van der Waals surface area contributed by atoms with Crippen molar-refractivity contribution in [2.75, 3.05) is 18.6 Å². The Labute approximate surface area is 204 Å². The van der Waals surface area contributed by atoms with Gasteiger partial charge in [-0.15, -0.1) is 0 Å². The van der Waals surface area contributed by atoms with Gasteiger partial charge in [0, 0.05) is 10.2 Å². The van der Waals surface area contributed by atoms with E-state index < -0.39 is 11.9 Å². The van der Waals surface area contributed by atoms with Gasteiger partial charge in [-0.2, -0.15) is 0 Å². The number of aryl methyl sites for hydroxylation is 1. The topological polar surface area (TPSA) is 81.9 Å². The molecule has 5 rings (SSSR count). The third-order valence-corrected chi connectivity index (χ3v) is 6.25. The number of carbonyl (C=O) groups excluding carboxylic acids is 1. The standard InChI is InChI=1S/C26H21BrN2O5/c1-4-33-19-10-8-15(12-20(19)32-3)23-22-24(30)17-13-16(27)9-11-18(17)34-25(22)26(31)29(23)21-7-5-6-14(2)28-21/h5-13,23H,4H2,1-3H3. The predicted molar refractivity (Wildman–Crippen MR) is 132 cm³/mol. The van der Waals surface area contributed by atoms with Crippen molar-refractivity contribution in [1.82, 2.24) is 4.98 Å². The normalized spacial score (nSPS) is 15.0. The number of benzene rings is 2. The lowest BCUT2D eigenvalue weighted by Gasteiger charge is -2.25. The van der Waals surface area contributed by atoms with Gasteiger partial charge < -0.3 is 13.9 Å². The predicted octanol–water partition coefficient (Wildman–Crippen LogP) is 5.42. The number of amides is 1. The summed E-state index contributed by atoms with van der Waals surface area (Å²) in [4.78, 5) is 33.5. The molecule has 34 heavy (non-hydrogen) atoms. The van der Waals surface area contributed by atoms with Crippen LogP contribution in [0.3, 0.4) is 0 Å². The first-order chi connectivity index (χ1) is 16.4. The van der Waals surface area contributed by atoms with Crippen LogP contribution < -0.4 is 19.8 Å². The second kappa shape index (κ2) is 8.61. The van der Waals surface area contributed by atoms with E-state index in [2.05, 4.69) is 20.9 Å². The van der Waals surface area contributed by atoms with Gasteiger partial charge in [-0.1, -0.05) is 28.1 Å². The minimum absolute atomic E-state index is 0.0148. The highest BCUT2D eigenvalue weighted by Crippen LogP contribution is 2.43. The Morgan fingerprint density at radius 3 is 2.65 bits per heavy atom. The smallest absolute Gasteiger partial charge is 0.296 e. The molecular formula is C26H21BrN2O5. The van der Waals surface area contributed by atoms with E-state index in [1.54, 1.807) is 43.5 Å². The number of rotatable bonds is 5. The molecule has 4 aromatic rings. The molecule has 1 atom stereocenters. The van der Waals surface area contributed by atoms with E-state index in [1.807, 2.05) is 32.0 Å². The minimum Gasteiger partial charge on any atom is -0.493 e. The number of methoxy groups -OCH3 is 1. The lowest BCUT2D eigenvalue weighted by Crippen LogP contribution is -2.30. The van der Waals surface area contributed by atoms with Gasteiger partial charge in [0.25, 0.3) is 5.91 Å². The Morgan fingerprint density at radius 1 is 1.09 bits per heavy atom. The monoisotopic (exact) mass is 520 g/mol. The maximum Gasteiger partial charge on any atom is 0.296 e. The molecule has 1 aliphatic rings. The van der Waals surface area contributed by atoms with Gasteiger partial charge in [-0.3, -0.25) is 14.5 Å². The van der Waals surface area contributed by atoms with Crippen molar-refractivity contribution < 1.29 is 18.7 Å². The van der Waals surface area contributed by atoms with Crippen LogP contribution in [-0.2, 0) is 0 Å². The zero-order chi connectivity index (χ0) is 24.0. The van der Waals surface area contributed by atoms with E-state index in [0.29, 0.717) is 40.5 Å². The molecule has 1 aliphatic heterocycles. The molecule has 172 valence electrons. The molecule has 0 spiro atoms. The number of nitrogens with zero attached hydrogens (tertiary/aromatic N) is 2. The van der Waals surface area contributed by atoms with Crippen molar-refractivity contribution in [2.24, 2.45) is 0 Å². The first-order valence-corrected chi connectivity index (χ1v) is 11.6. The summed E-state index contributed by atoms with van der Waals surface area (Å²) in [6.07, 6.45) is 0. The summed E-state index contributed by atoms with van der Waals surface area (Å²) < 4.78 is 17.9. The Balaban J connectivity index is 1.80. The van der Waals surface area contributed by atoms with Gasteiger partial charge in [-0.05, 0) is 61.9 Å². The average Bonchev–Trinajstić information content (AvgIpc) is 3.12. The van der Waals surface area contributed by atoms with Crippen molar-refractivity contribution in [3.8, 4) is 11.5 Å². The fourth-order valence-electron chi connectivity index (χ4n) is 4.29. The maximum atomic E-state index is 13.7. The molecule has 0 radical (unpaired) electrons. The first-order valence-electron chi connectivity index (χ1n) is 10.8. The molecule has 0 N–H and O–H groups in total. The first kappa shape index (κ1) is 22.2. The molecule has 1 unspecified atom stereocenters. The molecule has 2 aromatic carbocycles. The SMILES string of the molecule is CCOc1ccc(C2c3c(oc4ccc(Br)cc4c3=O)C(=O)N2c2cccc(C)n2)cc1OC. The van der Waals surface area contributed by atoms with Crippen molar-refractivity contribution in [3.05, 3.63) is 91.9 Å². The quantitative estimate of drug-likeness (QED) is 0.349. The van der Waals surface area contributed by atoms with Crippen LogP contribution in [0.1, 0.15) is 40.3 Å². The highest BCUT2D eigenvalue weighted by atomic mass is 79.9. The molecule has 0 saturated heterocycles. The number of halogens is 1. The molecule has 8 heteroatoms. The fraction of sp³-hybridized carbons (Fsp3) is 0.192. The zero-order valence-electron chi connectivity index (χ0n) is 18.8. The zero-order valence-corrected chi connectivity index (χ0v) is 20.4. The van der Waals surface area contributed by atoms with Gasteiger partial charge in [0.05, 0.1) is 30.7 Å². The lowest BCUT2D eigenvalue weighted by molar-refractivity contribution is 0.0970. The molecule has 2 aromatic heterocycles. The van der Waals surface area contributed by atoms with Gasteiger partial charge in [0.2, 0.25) is 5.76 Å². The summed E-state index contributed by atoms with van der Waals surface area (Å²) in [6.45, 7) is 4.21. The summed E-state index contributed by atoms with van der Waals surface area (Å²) in [5.74, 6) is 1.10. The number of ether oxygens (including phenoxy) is 2. The van der Waals surface area contributed by atoms with Crippen LogP contribution in [0, 0.1) is 6.92 Å². The highest BCUT2D eigenvalue weighted by Gasteiger charge is 2.44. The number of carbonyl (C=O) groups is 1. The van der Waals surface area contributed by atoms with Gasteiger partial charge in [0.1, 0.15) is 11.4 Å². The Morgan fingerprint density at radius 2 is 1.91 bits per heavy atom. The Kier molecular flexibility index (Phi) is 5.61. The van der Waals surface area contributed by atoms with Crippen molar-refractivity contribution in [2.45, 2.75) is 19.9 Å². The second-order valence-corrected chi connectivity index (χ2v) is 8.79. The highest BCUT2D eigenvalue weighted by molar-refractivity contribution is 9.10. The van der Waals surface area contributed by atoms with Crippen LogP contribution >= 0.6 is 15.9 Å². The maximum absolute atomic E-state index is 13.7. The van der Waals surface area contributed by atoms with Crippen LogP contribution in [0.2, 0.25) is 0 Å². The number of anilines is 1. The third-order valence-electron chi connectivity index (χ3n) is 5.76. The van der Waals surface area contributed by atoms with E-state index >= 15 is 0 Å². The average molecular weight is 521 g/mol. The van der Waals surface area contributed by atoms with Gasteiger partial charge >= 0.3 is 0 Å². The summed E-state index contributed by atoms with van der Waals surface area (Å²) in [7, 11) is 1.55. The summed E-state index contributed by atoms with van der Waals surface area (Å²) in [6, 6.07) is 15.2. The molecule has 7 nitrogen and oxygen atoms in total. The van der Waals surface area contributed by atoms with Crippen LogP contribution in [0.4, 0.5) is 5.82 Å². The van der Waals surface area contributed by atoms with Crippen LogP contribution in [0.15, 0.2) is 68.3 Å². The van der Waals surface area contributed by atoms with E-state index in [0.717, 1.165) is 10.2 Å². The van der Waals surface area contributed by atoms with Crippen molar-refractivity contribution >= 4 is 38.6 Å². The second-order valence-electron chi connectivity index (χ2n) is 7.87.